The summed E-state index contributed by atoms with van der Waals surface area (Å²) in [5, 5.41) is 4.14. The zero-order chi connectivity index (χ0) is 14.6. The van der Waals surface area contributed by atoms with Crippen LogP contribution < -0.4 is 10.1 Å². The van der Waals surface area contributed by atoms with E-state index in [1.165, 1.54) is 0 Å². The van der Waals surface area contributed by atoms with Gasteiger partial charge in [0.1, 0.15) is 18.1 Å². The molecule has 4 heteroatoms. The summed E-state index contributed by atoms with van der Waals surface area (Å²) in [6.07, 6.45) is 1.69. The number of hydrogen-bond donors (Lipinski definition) is 1. The van der Waals surface area contributed by atoms with E-state index in [9.17, 15) is 0 Å². The van der Waals surface area contributed by atoms with Crippen LogP contribution >= 0.6 is 11.6 Å². The van der Waals surface area contributed by atoms with Crippen molar-refractivity contribution in [3.05, 3.63) is 52.9 Å². The standard InChI is InChI=1S/C16H20ClNO2/c1-16(2,3)18-10-12-8-9-19-15(12)11-20-14-6-4-13(17)5-7-14/h4-9,18H,10-11H2,1-3H3. The third kappa shape index (κ3) is 4.58. The van der Waals surface area contributed by atoms with Crippen molar-refractivity contribution in [2.24, 2.45) is 0 Å². The molecular weight excluding hydrogens is 274 g/mol. The molecule has 0 aliphatic rings. The highest BCUT2D eigenvalue weighted by Gasteiger charge is 2.12. The molecule has 3 nitrogen and oxygen atoms in total. The van der Waals surface area contributed by atoms with Gasteiger partial charge in [0.2, 0.25) is 0 Å². The highest BCUT2D eigenvalue weighted by Crippen LogP contribution is 2.19. The van der Waals surface area contributed by atoms with E-state index >= 15 is 0 Å². The molecule has 1 heterocycles. The second-order valence-corrected chi connectivity index (χ2v) is 6.15. The summed E-state index contributed by atoms with van der Waals surface area (Å²) in [6.45, 7) is 7.58. The third-order valence-corrected chi connectivity index (χ3v) is 3.08. The first-order valence-corrected chi connectivity index (χ1v) is 7.00. The van der Waals surface area contributed by atoms with Crippen molar-refractivity contribution < 1.29 is 9.15 Å². The fourth-order valence-corrected chi connectivity index (χ4v) is 1.82. The van der Waals surface area contributed by atoms with Crippen molar-refractivity contribution >= 4 is 11.6 Å². The van der Waals surface area contributed by atoms with Gasteiger partial charge >= 0.3 is 0 Å². The van der Waals surface area contributed by atoms with Gasteiger partial charge in [0, 0.05) is 22.7 Å². The first-order valence-electron chi connectivity index (χ1n) is 6.63. The minimum absolute atomic E-state index is 0.0750. The molecule has 1 N–H and O–H groups in total. The lowest BCUT2D eigenvalue weighted by molar-refractivity contribution is 0.267. The Labute approximate surface area is 124 Å². The molecule has 0 saturated heterocycles. The van der Waals surface area contributed by atoms with Crippen molar-refractivity contribution in [3.63, 3.8) is 0 Å². The van der Waals surface area contributed by atoms with E-state index in [4.69, 9.17) is 20.8 Å². The topological polar surface area (TPSA) is 34.4 Å². The highest BCUT2D eigenvalue weighted by molar-refractivity contribution is 6.30. The summed E-state index contributed by atoms with van der Waals surface area (Å²) in [7, 11) is 0. The monoisotopic (exact) mass is 293 g/mol. The van der Waals surface area contributed by atoms with E-state index in [2.05, 4.69) is 26.1 Å². The Morgan fingerprint density at radius 2 is 1.85 bits per heavy atom. The zero-order valence-corrected chi connectivity index (χ0v) is 12.8. The summed E-state index contributed by atoms with van der Waals surface area (Å²) in [6, 6.07) is 9.28. The maximum absolute atomic E-state index is 5.84. The summed E-state index contributed by atoms with van der Waals surface area (Å²) < 4.78 is 11.2. The maximum Gasteiger partial charge on any atom is 0.146 e. The van der Waals surface area contributed by atoms with Gasteiger partial charge in [-0.15, -0.1) is 0 Å². The Bertz CT molecular complexity index is 540. The van der Waals surface area contributed by atoms with E-state index in [1.807, 2.05) is 18.2 Å². The van der Waals surface area contributed by atoms with Crippen LogP contribution in [0.5, 0.6) is 5.75 Å². The number of halogens is 1. The Morgan fingerprint density at radius 1 is 1.15 bits per heavy atom. The highest BCUT2D eigenvalue weighted by atomic mass is 35.5. The second-order valence-electron chi connectivity index (χ2n) is 5.72. The van der Waals surface area contributed by atoms with Crippen molar-refractivity contribution in [2.45, 2.75) is 39.5 Å². The first-order chi connectivity index (χ1) is 9.44. The SMILES string of the molecule is CC(C)(C)NCc1ccoc1COc1ccc(Cl)cc1. The Hall–Kier alpha value is -1.45. The van der Waals surface area contributed by atoms with E-state index in [0.717, 1.165) is 23.6 Å². The first kappa shape index (κ1) is 14.9. The number of rotatable bonds is 5. The number of furan rings is 1. The van der Waals surface area contributed by atoms with Gasteiger partial charge in [-0.05, 0) is 51.1 Å². The van der Waals surface area contributed by atoms with Crippen molar-refractivity contribution in [1.29, 1.82) is 0 Å². The van der Waals surface area contributed by atoms with Gasteiger partial charge in [0.15, 0.2) is 0 Å². The average molecular weight is 294 g/mol. The molecule has 20 heavy (non-hydrogen) atoms. The predicted octanol–water partition coefficient (Wildman–Crippen LogP) is 4.40. The lowest BCUT2D eigenvalue weighted by atomic mass is 10.1. The fourth-order valence-electron chi connectivity index (χ4n) is 1.69. The average Bonchev–Trinajstić information content (AvgIpc) is 2.82. The smallest absolute Gasteiger partial charge is 0.146 e. The van der Waals surface area contributed by atoms with Crippen LogP contribution in [-0.4, -0.2) is 5.54 Å². The normalized spacial score (nSPS) is 11.6. The van der Waals surface area contributed by atoms with Gasteiger partial charge in [-0.3, -0.25) is 0 Å². The van der Waals surface area contributed by atoms with E-state index in [-0.39, 0.29) is 5.54 Å². The lowest BCUT2D eigenvalue weighted by Crippen LogP contribution is -2.35. The molecule has 0 spiro atoms. The number of nitrogens with one attached hydrogen (secondary N) is 1. The fraction of sp³-hybridized carbons (Fsp3) is 0.375. The maximum atomic E-state index is 5.84. The summed E-state index contributed by atoms with van der Waals surface area (Å²) in [4.78, 5) is 0. The molecule has 108 valence electrons. The van der Waals surface area contributed by atoms with Gasteiger partial charge in [0.25, 0.3) is 0 Å². The molecule has 0 atom stereocenters. The minimum Gasteiger partial charge on any atom is -0.486 e. The quantitative estimate of drug-likeness (QED) is 0.887. The summed E-state index contributed by atoms with van der Waals surface area (Å²) >= 11 is 5.84. The van der Waals surface area contributed by atoms with E-state index in [0.29, 0.717) is 11.6 Å². The molecule has 1 aromatic carbocycles. The largest absolute Gasteiger partial charge is 0.486 e. The van der Waals surface area contributed by atoms with Crippen LogP contribution in [0.4, 0.5) is 0 Å². The molecule has 0 saturated carbocycles. The molecule has 0 radical (unpaired) electrons. The van der Waals surface area contributed by atoms with E-state index < -0.39 is 0 Å². The van der Waals surface area contributed by atoms with Crippen LogP contribution in [0.15, 0.2) is 41.0 Å². The Balaban J connectivity index is 1.93. The summed E-state index contributed by atoms with van der Waals surface area (Å²) in [5.41, 5.74) is 1.19. The van der Waals surface area contributed by atoms with Crippen molar-refractivity contribution in [3.8, 4) is 5.75 Å². The Kier molecular flexibility index (Phi) is 4.73. The molecule has 2 rings (SSSR count). The van der Waals surface area contributed by atoms with Crippen LogP contribution in [-0.2, 0) is 13.2 Å². The van der Waals surface area contributed by atoms with Gasteiger partial charge < -0.3 is 14.5 Å². The molecule has 0 aliphatic heterocycles. The molecule has 0 unspecified atom stereocenters. The summed E-state index contributed by atoms with van der Waals surface area (Å²) in [5.74, 6) is 1.62. The predicted molar refractivity (Wildman–Crippen MR) is 81.1 cm³/mol. The molecule has 0 bridgehead atoms. The molecule has 1 aromatic heterocycles. The van der Waals surface area contributed by atoms with Crippen LogP contribution in [0.2, 0.25) is 5.02 Å². The van der Waals surface area contributed by atoms with Crippen LogP contribution in [0.25, 0.3) is 0 Å². The van der Waals surface area contributed by atoms with Crippen LogP contribution in [0.1, 0.15) is 32.1 Å². The van der Waals surface area contributed by atoms with Crippen LogP contribution in [0, 0.1) is 0 Å². The second kappa shape index (κ2) is 6.33. The third-order valence-electron chi connectivity index (χ3n) is 2.83. The zero-order valence-electron chi connectivity index (χ0n) is 12.1. The molecule has 2 aromatic rings. The Morgan fingerprint density at radius 3 is 2.50 bits per heavy atom. The van der Waals surface area contributed by atoms with Crippen LogP contribution in [0.3, 0.4) is 0 Å². The minimum atomic E-state index is 0.0750. The van der Waals surface area contributed by atoms with Gasteiger partial charge in [-0.25, -0.2) is 0 Å². The number of benzene rings is 1. The molecule has 0 amide bonds. The number of hydrogen-bond acceptors (Lipinski definition) is 3. The van der Waals surface area contributed by atoms with Gasteiger partial charge in [0.05, 0.1) is 6.26 Å². The van der Waals surface area contributed by atoms with Gasteiger partial charge in [-0.2, -0.15) is 0 Å². The van der Waals surface area contributed by atoms with Crippen molar-refractivity contribution in [1.82, 2.24) is 5.32 Å². The molecular formula is C16H20ClNO2. The van der Waals surface area contributed by atoms with E-state index in [1.54, 1.807) is 18.4 Å². The van der Waals surface area contributed by atoms with Crippen molar-refractivity contribution in [2.75, 3.05) is 0 Å². The molecule has 0 fully saturated rings. The van der Waals surface area contributed by atoms with Gasteiger partial charge in [-0.1, -0.05) is 11.6 Å². The lowest BCUT2D eigenvalue weighted by Gasteiger charge is -2.20. The number of ether oxygens (including phenoxy) is 1. The molecule has 0 aliphatic carbocycles.